The van der Waals surface area contributed by atoms with Gasteiger partial charge in [0.2, 0.25) is 0 Å². The molecule has 272 valence electrons. The highest BCUT2D eigenvalue weighted by atomic mass is 32.1. The molecule has 0 aliphatic carbocycles. The van der Waals surface area contributed by atoms with Gasteiger partial charge in [0.25, 0.3) is 0 Å². The Hall–Kier alpha value is -3.52. The molecule has 1 heterocycles. The SMILES string of the molecule is C/C=C(OC(C)c1sc(-c2ccc(C(F)(F)F)cc2)nc1COc1cc(C(F)(F)F)cc(C(F)(F)F)c1)\C(C)=C(\C)C(C)CCCO.CC. The van der Waals surface area contributed by atoms with Crippen LogP contribution >= 0.6 is 11.3 Å². The number of ether oxygens (including phenoxy) is 2. The number of hydrogen-bond donors (Lipinski definition) is 1. The van der Waals surface area contributed by atoms with E-state index >= 15 is 0 Å². The normalized spacial score (nSPS) is 14.4. The lowest BCUT2D eigenvalue weighted by atomic mass is 9.93. The molecule has 14 heteroatoms. The molecule has 49 heavy (non-hydrogen) atoms. The Morgan fingerprint density at radius 2 is 1.39 bits per heavy atom. The van der Waals surface area contributed by atoms with Crippen LogP contribution < -0.4 is 4.74 Å². The van der Waals surface area contributed by atoms with E-state index in [1.165, 1.54) is 12.1 Å². The van der Waals surface area contributed by atoms with Gasteiger partial charge in [0.1, 0.15) is 29.2 Å². The van der Waals surface area contributed by atoms with Gasteiger partial charge in [-0.1, -0.05) is 38.5 Å². The highest BCUT2D eigenvalue weighted by molar-refractivity contribution is 7.15. The van der Waals surface area contributed by atoms with E-state index in [0.717, 1.165) is 41.0 Å². The Balaban J connectivity index is 0.00000409. The predicted molar refractivity (Wildman–Crippen MR) is 172 cm³/mol. The third kappa shape index (κ3) is 11.5. The maximum atomic E-state index is 13.4. The zero-order valence-electron chi connectivity index (χ0n) is 28.1. The van der Waals surface area contributed by atoms with Gasteiger partial charge in [0.15, 0.2) is 0 Å². The van der Waals surface area contributed by atoms with Gasteiger partial charge in [-0.05, 0) is 88.4 Å². The number of aliphatic hydroxyl groups is 1. The van der Waals surface area contributed by atoms with Gasteiger partial charge in [-0.15, -0.1) is 11.3 Å². The number of aliphatic hydroxyl groups excluding tert-OH is 1. The van der Waals surface area contributed by atoms with E-state index in [9.17, 15) is 44.6 Å². The molecule has 4 nitrogen and oxygen atoms in total. The van der Waals surface area contributed by atoms with Crippen molar-refractivity contribution >= 4 is 11.3 Å². The van der Waals surface area contributed by atoms with Crippen molar-refractivity contribution in [2.45, 2.75) is 92.5 Å². The third-order valence-electron chi connectivity index (χ3n) is 7.55. The first-order chi connectivity index (χ1) is 22.8. The van der Waals surface area contributed by atoms with Gasteiger partial charge < -0.3 is 14.6 Å². The van der Waals surface area contributed by atoms with Crippen molar-refractivity contribution in [1.82, 2.24) is 4.98 Å². The lowest BCUT2D eigenvalue weighted by Gasteiger charge is -2.21. The maximum absolute atomic E-state index is 13.4. The van der Waals surface area contributed by atoms with Crippen LogP contribution in [-0.4, -0.2) is 16.7 Å². The second-order valence-corrected chi connectivity index (χ2v) is 12.0. The Morgan fingerprint density at radius 3 is 1.86 bits per heavy atom. The monoisotopic (exact) mass is 725 g/mol. The summed E-state index contributed by atoms with van der Waals surface area (Å²) < 4.78 is 132. The number of alkyl halides is 9. The molecule has 1 N–H and O–H groups in total. The van der Waals surface area contributed by atoms with Crippen LogP contribution in [0.1, 0.15) is 94.7 Å². The molecule has 0 spiro atoms. The number of rotatable bonds is 12. The Kier molecular flexibility index (Phi) is 14.8. The summed E-state index contributed by atoms with van der Waals surface area (Å²) >= 11 is 1.05. The Labute approximate surface area is 284 Å². The summed E-state index contributed by atoms with van der Waals surface area (Å²) in [6, 6.07) is 5.06. The lowest BCUT2D eigenvalue weighted by molar-refractivity contribution is -0.143. The number of allylic oxidation sites excluding steroid dienone is 3. The molecule has 1 aromatic heterocycles. The van der Waals surface area contributed by atoms with Crippen molar-refractivity contribution in [2.75, 3.05) is 6.61 Å². The molecule has 3 rings (SSSR count). The zero-order chi connectivity index (χ0) is 37.3. The summed E-state index contributed by atoms with van der Waals surface area (Å²) in [5.41, 5.74) is -1.71. The van der Waals surface area contributed by atoms with E-state index in [2.05, 4.69) is 4.98 Å². The molecule has 3 aromatic rings. The number of benzene rings is 2. The Bertz CT molecular complexity index is 1540. The average Bonchev–Trinajstić information content (AvgIpc) is 3.48. The van der Waals surface area contributed by atoms with Gasteiger partial charge in [0, 0.05) is 12.2 Å². The van der Waals surface area contributed by atoms with Crippen LogP contribution in [0.2, 0.25) is 0 Å². The van der Waals surface area contributed by atoms with Gasteiger partial charge in [-0.3, -0.25) is 0 Å². The molecule has 2 unspecified atom stereocenters. The minimum Gasteiger partial charge on any atom is -0.487 e. The molecule has 0 amide bonds. The van der Waals surface area contributed by atoms with E-state index in [4.69, 9.17) is 9.47 Å². The van der Waals surface area contributed by atoms with E-state index in [0.29, 0.717) is 34.8 Å². The van der Waals surface area contributed by atoms with Crippen molar-refractivity contribution in [3.8, 4) is 16.3 Å². The summed E-state index contributed by atoms with van der Waals surface area (Å²) in [7, 11) is 0. The minimum atomic E-state index is -5.08. The molecule has 0 fully saturated rings. The van der Waals surface area contributed by atoms with E-state index in [1.807, 2.05) is 34.6 Å². The molecule has 0 aliphatic heterocycles. The number of nitrogens with zero attached hydrogens (tertiary/aromatic N) is 1. The molecule has 0 radical (unpaired) electrons. The van der Waals surface area contributed by atoms with Crippen LogP contribution in [0.3, 0.4) is 0 Å². The van der Waals surface area contributed by atoms with E-state index in [1.54, 1.807) is 19.9 Å². The fourth-order valence-corrected chi connectivity index (χ4v) is 5.72. The molecule has 0 saturated carbocycles. The van der Waals surface area contributed by atoms with Crippen molar-refractivity contribution in [3.63, 3.8) is 0 Å². The van der Waals surface area contributed by atoms with Crippen molar-refractivity contribution in [1.29, 1.82) is 0 Å². The first-order valence-corrected chi connectivity index (χ1v) is 16.3. The molecule has 0 aliphatic rings. The van der Waals surface area contributed by atoms with Crippen LogP contribution in [0.5, 0.6) is 5.75 Å². The predicted octanol–water partition coefficient (Wildman–Crippen LogP) is 12.2. The highest BCUT2D eigenvalue weighted by Crippen LogP contribution is 2.40. The van der Waals surface area contributed by atoms with Crippen LogP contribution in [0, 0.1) is 5.92 Å². The summed E-state index contributed by atoms with van der Waals surface area (Å²) in [5.74, 6) is -0.0604. The summed E-state index contributed by atoms with van der Waals surface area (Å²) in [4.78, 5) is 4.86. The molecular weight excluding hydrogens is 685 g/mol. The summed E-state index contributed by atoms with van der Waals surface area (Å²) in [6.07, 6.45) is -12.4. The van der Waals surface area contributed by atoms with Crippen LogP contribution in [0.4, 0.5) is 39.5 Å². The van der Waals surface area contributed by atoms with Crippen LogP contribution in [0.15, 0.2) is 65.4 Å². The summed E-state index contributed by atoms with van der Waals surface area (Å²) in [5, 5.41) is 9.43. The topological polar surface area (TPSA) is 51.6 Å². The smallest absolute Gasteiger partial charge is 0.416 e. The average molecular weight is 726 g/mol. The van der Waals surface area contributed by atoms with Crippen LogP contribution in [-0.2, 0) is 29.9 Å². The van der Waals surface area contributed by atoms with Crippen molar-refractivity contribution in [3.05, 3.63) is 92.7 Å². The van der Waals surface area contributed by atoms with Crippen molar-refractivity contribution in [2.24, 2.45) is 5.92 Å². The molecular formula is C35H40F9NO3S. The van der Waals surface area contributed by atoms with E-state index < -0.39 is 53.7 Å². The van der Waals surface area contributed by atoms with Crippen LogP contribution in [0.25, 0.3) is 10.6 Å². The van der Waals surface area contributed by atoms with Gasteiger partial charge in [0.05, 0.1) is 27.3 Å². The number of halogens is 9. The quantitative estimate of drug-likeness (QED) is 0.115. The second-order valence-electron chi connectivity index (χ2n) is 10.9. The number of thiazole rings is 1. The van der Waals surface area contributed by atoms with Gasteiger partial charge in [-0.25, -0.2) is 4.98 Å². The molecule has 2 aromatic carbocycles. The fourth-order valence-electron chi connectivity index (χ4n) is 4.67. The molecule has 0 saturated heterocycles. The first kappa shape index (κ1) is 41.7. The lowest BCUT2D eigenvalue weighted by Crippen LogP contribution is -2.12. The summed E-state index contributed by atoms with van der Waals surface area (Å²) in [6.45, 7) is 12.7. The number of aromatic nitrogens is 1. The third-order valence-corrected chi connectivity index (χ3v) is 8.86. The maximum Gasteiger partial charge on any atom is 0.416 e. The molecule has 0 bridgehead atoms. The second kappa shape index (κ2) is 17.4. The number of hydrogen-bond acceptors (Lipinski definition) is 5. The zero-order valence-corrected chi connectivity index (χ0v) is 28.9. The first-order valence-electron chi connectivity index (χ1n) is 15.5. The van der Waals surface area contributed by atoms with Crippen molar-refractivity contribution < 1.29 is 54.1 Å². The Morgan fingerprint density at radius 1 is 0.857 bits per heavy atom. The largest absolute Gasteiger partial charge is 0.487 e. The highest BCUT2D eigenvalue weighted by Gasteiger charge is 2.37. The van der Waals surface area contributed by atoms with Gasteiger partial charge in [-0.2, -0.15) is 39.5 Å². The fraction of sp³-hybridized carbons (Fsp3) is 0.457. The minimum absolute atomic E-state index is 0.0130. The standard InChI is InChI=1S/C33H34F9NO3S.C2H6/c1-6-28(20(4)19(3)18(2)8-7-13-44)46-21(5)29-27(43-30(47-29)22-9-11-23(12-10-22)31(34,35)36)17-45-26-15-24(32(37,38)39)14-25(16-26)33(40,41)42;1-2/h6,9-12,14-16,18,21,44H,7-8,13,17H2,1-5H3;1-2H3/b20-19-,28-6+;. The molecule has 2 atom stereocenters. The van der Waals surface area contributed by atoms with E-state index in [-0.39, 0.29) is 29.3 Å². The van der Waals surface area contributed by atoms with Gasteiger partial charge >= 0.3 is 18.5 Å².